The van der Waals surface area contributed by atoms with Crippen molar-refractivity contribution in [3.63, 3.8) is 0 Å². The van der Waals surface area contributed by atoms with Gasteiger partial charge in [0.1, 0.15) is 5.56 Å². The minimum atomic E-state index is -1.14. The van der Waals surface area contributed by atoms with E-state index >= 15 is 0 Å². The lowest BCUT2D eigenvalue weighted by atomic mass is 10.1. The van der Waals surface area contributed by atoms with Crippen LogP contribution in [0.5, 0.6) is 0 Å². The number of nitrogens with zero attached hydrogens (tertiary/aromatic N) is 1. The molecule has 0 aliphatic carbocycles. The molecule has 0 fully saturated rings. The largest absolute Gasteiger partial charge is 0.477 e. The molecular formula is C14H21NO3. The van der Waals surface area contributed by atoms with Crippen molar-refractivity contribution in [3.05, 3.63) is 33.2 Å². The summed E-state index contributed by atoms with van der Waals surface area (Å²) in [5.41, 5.74) is 0.890. The van der Waals surface area contributed by atoms with Gasteiger partial charge < -0.3 is 9.67 Å². The predicted octanol–water partition coefficient (Wildman–Crippen LogP) is 2.74. The Labute approximate surface area is 107 Å². The van der Waals surface area contributed by atoms with Crippen LogP contribution in [0.3, 0.4) is 0 Å². The number of carboxylic acid groups (broad SMARTS) is 1. The normalized spacial score (nSPS) is 10.6. The Balaban J connectivity index is 3.01. The fourth-order valence-electron chi connectivity index (χ4n) is 2.16. The van der Waals surface area contributed by atoms with Crippen molar-refractivity contribution in [3.8, 4) is 0 Å². The fourth-order valence-corrected chi connectivity index (χ4v) is 2.16. The summed E-state index contributed by atoms with van der Waals surface area (Å²) in [6, 6.07) is 1.77. The van der Waals surface area contributed by atoms with Crippen LogP contribution in [0.15, 0.2) is 10.9 Å². The number of aromatic carboxylic acids is 1. The van der Waals surface area contributed by atoms with Crippen LogP contribution < -0.4 is 5.56 Å². The van der Waals surface area contributed by atoms with Crippen LogP contribution in [-0.2, 0) is 6.54 Å². The van der Waals surface area contributed by atoms with E-state index in [-0.39, 0.29) is 11.1 Å². The molecule has 0 atom stereocenters. The Morgan fingerprint density at radius 2 is 1.94 bits per heavy atom. The van der Waals surface area contributed by atoms with Gasteiger partial charge in [-0.2, -0.15) is 0 Å². The van der Waals surface area contributed by atoms with Crippen molar-refractivity contribution in [1.82, 2.24) is 4.57 Å². The van der Waals surface area contributed by atoms with Crippen LogP contribution in [-0.4, -0.2) is 15.6 Å². The zero-order valence-corrected chi connectivity index (χ0v) is 11.3. The molecule has 18 heavy (non-hydrogen) atoms. The number of carbonyl (C=O) groups is 1. The highest BCUT2D eigenvalue weighted by Gasteiger charge is 2.15. The number of unbranched alkanes of at least 4 members (excludes halogenated alkanes) is 3. The monoisotopic (exact) mass is 251 g/mol. The molecule has 0 bridgehead atoms. The molecular weight excluding hydrogens is 230 g/mol. The van der Waals surface area contributed by atoms with Gasteiger partial charge in [-0.05, 0) is 31.9 Å². The molecule has 0 saturated heterocycles. The molecule has 0 unspecified atom stereocenters. The number of carboxylic acids is 1. The molecule has 0 aromatic carbocycles. The topological polar surface area (TPSA) is 59.3 Å². The van der Waals surface area contributed by atoms with Gasteiger partial charge in [-0.15, -0.1) is 0 Å². The van der Waals surface area contributed by atoms with E-state index in [4.69, 9.17) is 5.11 Å². The molecule has 1 aromatic rings. The van der Waals surface area contributed by atoms with E-state index in [9.17, 15) is 9.59 Å². The standard InChI is InChI=1S/C14H21NO3/c1-4-5-6-7-8-15-11(3)9-10(2)12(13(15)16)14(17)18/h9H,4-8H2,1-3H3,(H,17,18). The second kappa shape index (κ2) is 6.38. The quantitative estimate of drug-likeness (QED) is 0.791. The van der Waals surface area contributed by atoms with Crippen LogP contribution in [0.2, 0.25) is 0 Å². The number of rotatable bonds is 6. The lowest BCUT2D eigenvalue weighted by molar-refractivity contribution is 0.0693. The summed E-state index contributed by atoms with van der Waals surface area (Å²) in [5, 5.41) is 9.06. The summed E-state index contributed by atoms with van der Waals surface area (Å²) in [6.45, 7) is 6.25. The van der Waals surface area contributed by atoms with Crippen LogP contribution in [0, 0.1) is 13.8 Å². The maximum atomic E-state index is 12.1. The molecule has 1 aromatic heterocycles. The summed E-state index contributed by atoms with van der Waals surface area (Å²) in [5.74, 6) is -1.14. The first-order valence-electron chi connectivity index (χ1n) is 6.43. The summed E-state index contributed by atoms with van der Waals surface area (Å²) in [4.78, 5) is 23.2. The molecule has 0 amide bonds. The maximum Gasteiger partial charge on any atom is 0.341 e. The Morgan fingerprint density at radius 3 is 2.50 bits per heavy atom. The highest BCUT2D eigenvalue weighted by Crippen LogP contribution is 2.08. The number of pyridine rings is 1. The third-order valence-corrected chi connectivity index (χ3v) is 3.15. The van der Waals surface area contributed by atoms with E-state index < -0.39 is 5.97 Å². The molecule has 1 N–H and O–H groups in total. The summed E-state index contributed by atoms with van der Waals surface area (Å²) >= 11 is 0. The summed E-state index contributed by atoms with van der Waals surface area (Å²) in [6.07, 6.45) is 4.27. The first-order valence-corrected chi connectivity index (χ1v) is 6.43. The van der Waals surface area contributed by atoms with Gasteiger partial charge in [0.25, 0.3) is 5.56 Å². The van der Waals surface area contributed by atoms with Gasteiger partial charge >= 0.3 is 5.97 Å². The molecule has 1 rings (SSSR count). The van der Waals surface area contributed by atoms with E-state index in [1.54, 1.807) is 17.6 Å². The second-order valence-electron chi connectivity index (χ2n) is 4.67. The van der Waals surface area contributed by atoms with E-state index in [1.807, 2.05) is 6.92 Å². The summed E-state index contributed by atoms with van der Waals surface area (Å²) in [7, 11) is 0. The lowest BCUT2D eigenvalue weighted by Gasteiger charge is -2.12. The number of hydrogen-bond donors (Lipinski definition) is 1. The number of aryl methyl sites for hydroxylation is 2. The first kappa shape index (κ1) is 14.5. The van der Waals surface area contributed by atoms with E-state index in [0.717, 1.165) is 31.4 Å². The van der Waals surface area contributed by atoms with Crippen LogP contribution >= 0.6 is 0 Å². The second-order valence-corrected chi connectivity index (χ2v) is 4.67. The summed E-state index contributed by atoms with van der Waals surface area (Å²) < 4.78 is 1.58. The SMILES string of the molecule is CCCCCCn1c(C)cc(C)c(C(=O)O)c1=O. The minimum Gasteiger partial charge on any atom is -0.477 e. The Morgan fingerprint density at radius 1 is 1.28 bits per heavy atom. The van der Waals surface area contributed by atoms with Crippen molar-refractivity contribution < 1.29 is 9.90 Å². The van der Waals surface area contributed by atoms with Crippen molar-refractivity contribution in [2.75, 3.05) is 0 Å². The first-order chi connectivity index (χ1) is 8.49. The van der Waals surface area contributed by atoms with Crippen LogP contribution in [0.25, 0.3) is 0 Å². The predicted molar refractivity (Wildman–Crippen MR) is 71.3 cm³/mol. The lowest BCUT2D eigenvalue weighted by Crippen LogP contribution is -2.29. The minimum absolute atomic E-state index is 0.101. The smallest absolute Gasteiger partial charge is 0.341 e. The van der Waals surface area contributed by atoms with Crippen molar-refractivity contribution in [2.45, 2.75) is 53.0 Å². The van der Waals surface area contributed by atoms with E-state index in [0.29, 0.717) is 12.1 Å². The Hall–Kier alpha value is -1.58. The Bertz CT molecular complexity index is 489. The van der Waals surface area contributed by atoms with Gasteiger partial charge in [0.2, 0.25) is 0 Å². The average Bonchev–Trinajstić information content (AvgIpc) is 2.26. The van der Waals surface area contributed by atoms with Crippen LogP contribution in [0.4, 0.5) is 0 Å². The number of aromatic nitrogens is 1. The molecule has 4 nitrogen and oxygen atoms in total. The molecule has 1 heterocycles. The van der Waals surface area contributed by atoms with Gasteiger partial charge in [0.05, 0.1) is 0 Å². The van der Waals surface area contributed by atoms with Gasteiger partial charge in [-0.1, -0.05) is 26.2 Å². The zero-order valence-electron chi connectivity index (χ0n) is 11.3. The molecule has 0 radical (unpaired) electrons. The number of hydrogen-bond acceptors (Lipinski definition) is 2. The Kier molecular flexibility index (Phi) is 5.13. The van der Waals surface area contributed by atoms with Crippen molar-refractivity contribution >= 4 is 5.97 Å². The third-order valence-electron chi connectivity index (χ3n) is 3.15. The van der Waals surface area contributed by atoms with Crippen molar-refractivity contribution in [1.29, 1.82) is 0 Å². The fraction of sp³-hybridized carbons (Fsp3) is 0.571. The van der Waals surface area contributed by atoms with Gasteiger partial charge in [0.15, 0.2) is 0 Å². The maximum absolute atomic E-state index is 12.1. The van der Waals surface area contributed by atoms with Gasteiger partial charge in [0, 0.05) is 12.2 Å². The highest BCUT2D eigenvalue weighted by atomic mass is 16.4. The van der Waals surface area contributed by atoms with Crippen molar-refractivity contribution in [2.24, 2.45) is 0 Å². The van der Waals surface area contributed by atoms with E-state index in [2.05, 4.69) is 6.92 Å². The van der Waals surface area contributed by atoms with Crippen LogP contribution in [0.1, 0.15) is 54.2 Å². The molecule has 0 aliphatic rings. The molecule has 4 heteroatoms. The average molecular weight is 251 g/mol. The van der Waals surface area contributed by atoms with Gasteiger partial charge in [-0.25, -0.2) is 4.79 Å². The third kappa shape index (κ3) is 3.22. The molecule has 0 aliphatic heterocycles. The zero-order chi connectivity index (χ0) is 13.7. The highest BCUT2D eigenvalue weighted by molar-refractivity contribution is 5.88. The van der Waals surface area contributed by atoms with E-state index in [1.165, 1.54) is 0 Å². The molecule has 0 saturated carbocycles. The molecule has 0 spiro atoms. The molecule has 100 valence electrons. The van der Waals surface area contributed by atoms with Gasteiger partial charge in [-0.3, -0.25) is 4.79 Å².